The van der Waals surface area contributed by atoms with Gasteiger partial charge >= 0.3 is 6.03 Å². The predicted octanol–water partition coefficient (Wildman–Crippen LogP) is 1.42. The maximum absolute atomic E-state index is 13.3. The summed E-state index contributed by atoms with van der Waals surface area (Å²) in [6, 6.07) is 4.15. The van der Waals surface area contributed by atoms with Crippen molar-refractivity contribution in [3.05, 3.63) is 36.3 Å². The highest BCUT2D eigenvalue weighted by Crippen LogP contribution is 2.29. The van der Waals surface area contributed by atoms with Crippen LogP contribution in [0.3, 0.4) is 0 Å². The van der Waals surface area contributed by atoms with E-state index in [1.807, 2.05) is 20.8 Å². The number of imidazole rings is 1. The van der Waals surface area contributed by atoms with Gasteiger partial charge in [0.1, 0.15) is 11.9 Å². The molecule has 1 aromatic heterocycles. The summed E-state index contributed by atoms with van der Waals surface area (Å²) in [4.78, 5) is 31.1. The molecule has 1 aliphatic heterocycles. The smallest absolute Gasteiger partial charge is 0.319 e. The highest BCUT2D eigenvalue weighted by atomic mass is 32.2. The van der Waals surface area contributed by atoms with Crippen LogP contribution in [0.5, 0.6) is 5.75 Å². The molecule has 0 fully saturated rings. The van der Waals surface area contributed by atoms with Crippen LogP contribution in [0.2, 0.25) is 0 Å². The molecule has 1 aliphatic rings. The molecule has 3 amide bonds. The minimum absolute atomic E-state index is 0.00580. The van der Waals surface area contributed by atoms with Crippen molar-refractivity contribution in [2.45, 2.75) is 57.3 Å². The zero-order chi connectivity index (χ0) is 28.2. The number of fused-ring (bicyclic) bond motifs is 1. The number of nitrogens with zero attached hydrogens (tertiary/aromatic N) is 4. The van der Waals surface area contributed by atoms with Crippen LogP contribution in [0.1, 0.15) is 33.3 Å². The fourth-order valence-corrected chi connectivity index (χ4v) is 5.33. The number of nitrogens with one attached hydrogen (secondary N) is 2. The van der Waals surface area contributed by atoms with E-state index in [1.54, 1.807) is 41.6 Å². The van der Waals surface area contributed by atoms with Crippen molar-refractivity contribution < 1.29 is 27.9 Å². The van der Waals surface area contributed by atoms with E-state index in [9.17, 15) is 23.1 Å². The number of rotatable bonds is 8. The highest BCUT2D eigenvalue weighted by molar-refractivity contribution is 7.89. The molecular weight excluding hydrogens is 512 g/mol. The van der Waals surface area contributed by atoms with Crippen LogP contribution >= 0.6 is 0 Å². The van der Waals surface area contributed by atoms with Gasteiger partial charge in [-0.2, -0.15) is 4.31 Å². The molecule has 0 saturated carbocycles. The summed E-state index contributed by atoms with van der Waals surface area (Å²) >= 11 is 0. The van der Waals surface area contributed by atoms with Crippen LogP contribution in [0.15, 0.2) is 35.7 Å². The van der Waals surface area contributed by atoms with Crippen LogP contribution in [-0.2, 0) is 28.3 Å². The first-order chi connectivity index (χ1) is 17.8. The molecule has 0 saturated heterocycles. The number of hydrogen-bond donors (Lipinski definition) is 3. The molecule has 38 heavy (non-hydrogen) atoms. The lowest BCUT2D eigenvalue weighted by Crippen LogP contribution is -2.48. The number of aliphatic hydroxyl groups is 1. The molecule has 2 heterocycles. The lowest BCUT2D eigenvalue weighted by molar-refractivity contribution is -0.134. The van der Waals surface area contributed by atoms with Crippen LogP contribution in [0.25, 0.3) is 0 Å². The third-order valence-corrected chi connectivity index (χ3v) is 8.10. The van der Waals surface area contributed by atoms with Crippen molar-refractivity contribution in [1.29, 1.82) is 0 Å². The standard InChI is InChI=1S/C25H38N6O6S/c1-16(2)27-25(34)28-20-7-8-21-19(9-20)10-24(33)31(18(4)14-32)11-17(3)22(37-21)12-30(6)38(35,36)23-13-29(5)15-26-23/h7-9,13,15-18,22,32H,10-12,14H2,1-6H3,(H2,27,28,34)/t17-,18-,22-/m0/s1. The second kappa shape index (κ2) is 12.1. The number of aliphatic hydroxyl groups excluding tert-OH is 1. The molecule has 0 aliphatic carbocycles. The molecule has 0 unspecified atom stereocenters. The Morgan fingerprint density at radius 2 is 2.03 bits per heavy atom. The Morgan fingerprint density at radius 1 is 1.32 bits per heavy atom. The monoisotopic (exact) mass is 550 g/mol. The predicted molar refractivity (Wildman–Crippen MR) is 142 cm³/mol. The zero-order valence-corrected chi connectivity index (χ0v) is 23.5. The Balaban J connectivity index is 1.95. The zero-order valence-electron chi connectivity index (χ0n) is 22.7. The average Bonchev–Trinajstić information content (AvgIpc) is 3.29. The van der Waals surface area contributed by atoms with Crippen molar-refractivity contribution >= 4 is 27.6 Å². The van der Waals surface area contributed by atoms with Gasteiger partial charge in [0, 0.05) is 50.0 Å². The van der Waals surface area contributed by atoms with E-state index in [1.165, 1.54) is 23.9 Å². The van der Waals surface area contributed by atoms with Gasteiger partial charge in [0.05, 0.1) is 31.9 Å². The van der Waals surface area contributed by atoms with Gasteiger partial charge in [-0.25, -0.2) is 18.2 Å². The van der Waals surface area contributed by atoms with Gasteiger partial charge in [0.2, 0.25) is 5.91 Å². The first kappa shape index (κ1) is 29.4. The molecule has 0 spiro atoms. The summed E-state index contributed by atoms with van der Waals surface area (Å²) in [5.41, 5.74) is 1.03. The van der Waals surface area contributed by atoms with Gasteiger partial charge in [-0.05, 0) is 39.0 Å². The Hall–Kier alpha value is -3.16. The minimum atomic E-state index is -3.88. The minimum Gasteiger partial charge on any atom is -0.488 e. The maximum Gasteiger partial charge on any atom is 0.319 e. The Bertz CT molecular complexity index is 1250. The van der Waals surface area contributed by atoms with E-state index in [4.69, 9.17) is 4.74 Å². The van der Waals surface area contributed by atoms with Gasteiger partial charge < -0.3 is 29.9 Å². The summed E-state index contributed by atoms with van der Waals surface area (Å²) < 4.78 is 35.4. The van der Waals surface area contributed by atoms with Crippen LogP contribution in [-0.4, -0.2) is 89.2 Å². The fourth-order valence-electron chi connectivity index (χ4n) is 4.19. The lowest BCUT2D eigenvalue weighted by atomic mass is 10.0. The Kier molecular flexibility index (Phi) is 9.39. The van der Waals surface area contributed by atoms with Crippen molar-refractivity contribution in [2.75, 3.05) is 32.1 Å². The Morgan fingerprint density at radius 3 is 2.63 bits per heavy atom. The summed E-state index contributed by atoms with van der Waals surface area (Å²) in [5.74, 6) is -0.0656. The molecule has 3 N–H and O–H groups in total. The lowest BCUT2D eigenvalue weighted by Gasteiger charge is -2.33. The van der Waals surface area contributed by atoms with Gasteiger partial charge in [-0.3, -0.25) is 4.79 Å². The molecule has 3 atom stereocenters. The molecule has 1 aromatic carbocycles. The first-order valence-corrected chi connectivity index (χ1v) is 14.0. The number of urea groups is 1. The highest BCUT2D eigenvalue weighted by Gasteiger charge is 2.34. The van der Waals surface area contributed by atoms with E-state index in [-0.39, 0.29) is 55.0 Å². The number of aryl methyl sites for hydroxylation is 1. The second-order valence-electron chi connectivity index (χ2n) is 10.1. The van der Waals surface area contributed by atoms with Gasteiger partial charge in [-0.1, -0.05) is 6.92 Å². The number of anilines is 1. The third-order valence-electron chi connectivity index (χ3n) is 6.39. The number of ether oxygens (including phenoxy) is 1. The maximum atomic E-state index is 13.3. The van der Waals surface area contributed by atoms with Gasteiger partial charge in [0.15, 0.2) is 5.03 Å². The summed E-state index contributed by atoms with van der Waals surface area (Å²) in [5, 5.41) is 15.2. The molecule has 0 bridgehead atoms. The number of carbonyl (C=O) groups excluding carboxylic acids is 2. The van der Waals surface area contributed by atoms with Crippen LogP contribution in [0.4, 0.5) is 10.5 Å². The Labute approximate surface area is 224 Å². The van der Waals surface area contributed by atoms with E-state index in [2.05, 4.69) is 15.6 Å². The SMILES string of the molecule is CC(C)NC(=O)Nc1ccc2c(c1)CC(=O)N([C@@H](C)CO)C[C@H](C)[C@H](CN(C)S(=O)(=O)c1cn(C)cn1)O2. The van der Waals surface area contributed by atoms with E-state index < -0.39 is 22.2 Å². The van der Waals surface area contributed by atoms with Crippen molar-refractivity contribution in [3.8, 4) is 5.75 Å². The van der Waals surface area contributed by atoms with Crippen molar-refractivity contribution in [1.82, 2.24) is 24.1 Å². The molecule has 2 aromatic rings. The topological polar surface area (TPSA) is 146 Å². The number of carbonyl (C=O) groups is 2. The molecule has 210 valence electrons. The molecule has 12 nitrogen and oxygen atoms in total. The van der Waals surface area contributed by atoms with Gasteiger partial charge in [-0.15, -0.1) is 0 Å². The quantitative estimate of drug-likeness (QED) is 0.451. The van der Waals surface area contributed by atoms with Gasteiger partial charge in [0.25, 0.3) is 10.0 Å². The van der Waals surface area contributed by atoms with E-state index >= 15 is 0 Å². The summed E-state index contributed by atoms with van der Waals surface area (Å²) in [7, 11) is -0.722. The number of sulfonamides is 1. The van der Waals surface area contributed by atoms with Crippen LogP contribution < -0.4 is 15.4 Å². The number of aromatic nitrogens is 2. The van der Waals surface area contributed by atoms with E-state index in [0.29, 0.717) is 17.0 Å². The summed E-state index contributed by atoms with van der Waals surface area (Å²) in [6.07, 6.45) is 2.22. The van der Waals surface area contributed by atoms with Crippen molar-refractivity contribution in [3.63, 3.8) is 0 Å². The second-order valence-corrected chi connectivity index (χ2v) is 12.1. The normalized spacial score (nSPS) is 19.3. The molecule has 13 heteroatoms. The van der Waals surface area contributed by atoms with E-state index in [0.717, 1.165) is 0 Å². The van der Waals surface area contributed by atoms with Crippen molar-refractivity contribution in [2.24, 2.45) is 13.0 Å². The summed E-state index contributed by atoms with van der Waals surface area (Å²) in [6.45, 7) is 7.38. The first-order valence-electron chi connectivity index (χ1n) is 12.5. The molecular formula is C25H38N6O6S. The number of likely N-dealkylation sites (N-methyl/N-ethyl adjacent to an activating group) is 1. The number of hydrogen-bond acceptors (Lipinski definition) is 7. The van der Waals surface area contributed by atoms with Crippen LogP contribution in [0, 0.1) is 5.92 Å². The number of amides is 3. The number of benzene rings is 1. The molecule has 3 rings (SSSR count). The molecule has 0 radical (unpaired) electrons. The largest absolute Gasteiger partial charge is 0.488 e. The fraction of sp³-hybridized carbons (Fsp3) is 0.560. The average molecular weight is 551 g/mol. The third kappa shape index (κ3) is 7.03.